The van der Waals surface area contributed by atoms with Gasteiger partial charge in [0.1, 0.15) is 11.2 Å². The first kappa shape index (κ1) is 37.7. The van der Waals surface area contributed by atoms with Crippen molar-refractivity contribution in [3.63, 3.8) is 0 Å². The van der Waals surface area contributed by atoms with Gasteiger partial charge >= 0.3 is 0 Å². The number of aryl methyl sites for hydroxylation is 1. The lowest BCUT2D eigenvalue weighted by molar-refractivity contribution is 0.668. The number of para-hydroxylation sites is 3. The van der Waals surface area contributed by atoms with Crippen molar-refractivity contribution in [3.8, 4) is 51.0 Å². The van der Waals surface area contributed by atoms with Crippen LogP contribution in [0.3, 0.4) is 0 Å². The summed E-state index contributed by atoms with van der Waals surface area (Å²) in [5, 5.41) is 9.23. The van der Waals surface area contributed by atoms with Crippen molar-refractivity contribution >= 4 is 65.3 Å². The van der Waals surface area contributed by atoms with E-state index in [1.807, 2.05) is 6.07 Å². The fraction of sp³-hybridized carbons (Fsp3) is 0.0484. The second kappa shape index (κ2) is 14.9. The molecule has 3 aromatic heterocycles. The molecule has 13 aromatic rings. The zero-order chi connectivity index (χ0) is 44.0. The Morgan fingerprint density at radius 3 is 1.93 bits per heavy atom. The second-order valence-corrected chi connectivity index (χ2v) is 17.8. The molecule has 0 N–H and O–H groups in total. The maximum absolute atomic E-state index is 6.69. The Labute approximate surface area is 386 Å². The van der Waals surface area contributed by atoms with Gasteiger partial charge in [0.15, 0.2) is 17.5 Å². The summed E-state index contributed by atoms with van der Waals surface area (Å²) in [5.74, 6) is 1.88. The van der Waals surface area contributed by atoms with E-state index in [9.17, 15) is 0 Å². The van der Waals surface area contributed by atoms with Gasteiger partial charge in [-0.1, -0.05) is 152 Å². The lowest BCUT2D eigenvalue weighted by Gasteiger charge is -2.22. The zero-order valence-electron chi connectivity index (χ0n) is 36.4. The lowest BCUT2D eigenvalue weighted by Crippen LogP contribution is -2.07. The predicted molar refractivity (Wildman–Crippen MR) is 275 cm³/mol. The van der Waals surface area contributed by atoms with Crippen molar-refractivity contribution in [1.82, 2.24) is 19.5 Å². The fourth-order valence-corrected chi connectivity index (χ4v) is 11.0. The van der Waals surface area contributed by atoms with Gasteiger partial charge in [-0.2, -0.15) is 0 Å². The van der Waals surface area contributed by atoms with Crippen molar-refractivity contribution < 1.29 is 4.42 Å². The highest BCUT2D eigenvalue weighted by Crippen LogP contribution is 2.47. The van der Waals surface area contributed by atoms with Crippen LogP contribution in [0.4, 0.5) is 0 Å². The van der Waals surface area contributed by atoms with Gasteiger partial charge in [0, 0.05) is 49.8 Å². The van der Waals surface area contributed by atoms with E-state index in [0.717, 1.165) is 84.3 Å². The molecule has 0 radical (unpaired) electrons. The van der Waals surface area contributed by atoms with Crippen molar-refractivity contribution in [3.05, 3.63) is 229 Å². The van der Waals surface area contributed by atoms with E-state index >= 15 is 0 Å². The molecule has 0 bridgehead atoms. The molecule has 0 amide bonds. The average molecular weight is 857 g/mol. The van der Waals surface area contributed by atoms with Crippen LogP contribution in [0.2, 0.25) is 0 Å². The largest absolute Gasteiger partial charge is 0.456 e. The molecule has 3 heterocycles. The minimum absolute atomic E-state index is 0.0291. The van der Waals surface area contributed by atoms with Crippen LogP contribution in [-0.4, -0.2) is 19.5 Å². The molecule has 1 unspecified atom stereocenters. The Morgan fingerprint density at radius 2 is 1.04 bits per heavy atom. The van der Waals surface area contributed by atoms with E-state index in [4.69, 9.17) is 19.4 Å². The van der Waals surface area contributed by atoms with Crippen molar-refractivity contribution in [2.45, 2.75) is 18.8 Å². The van der Waals surface area contributed by atoms with Crippen LogP contribution >= 0.6 is 0 Å². The van der Waals surface area contributed by atoms with Gasteiger partial charge in [0.2, 0.25) is 0 Å². The first-order valence-electron chi connectivity index (χ1n) is 23.1. The van der Waals surface area contributed by atoms with Gasteiger partial charge in [-0.3, -0.25) is 0 Å². The van der Waals surface area contributed by atoms with Crippen LogP contribution in [0, 0.1) is 0 Å². The highest BCUT2D eigenvalue weighted by Gasteiger charge is 2.29. The van der Waals surface area contributed by atoms with Crippen molar-refractivity contribution in [2.24, 2.45) is 0 Å². The number of furan rings is 1. The van der Waals surface area contributed by atoms with E-state index < -0.39 is 0 Å². The quantitative estimate of drug-likeness (QED) is 0.173. The Balaban J connectivity index is 1.03. The number of hydrogen-bond donors (Lipinski definition) is 0. The molecular formula is C62H40N4O. The van der Waals surface area contributed by atoms with E-state index in [0.29, 0.717) is 17.5 Å². The van der Waals surface area contributed by atoms with Gasteiger partial charge in [0.25, 0.3) is 0 Å². The monoisotopic (exact) mass is 856 g/mol. The topological polar surface area (TPSA) is 56.7 Å². The van der Waals surface area contributed by atoms with Crippen molar-refractivity contribution in [1.29, 1.82) is 0 Å². The maximum atomic E-state index is 6.69. The van der Waals surface area contributed by atoms with Crippen LogP contribution < -0.4 is 0 Å². The normalized spacial score (nSPS) is 13.7. The summed E-state index contributed by atoms with van der Waals surface area (Å²) in [5.41, 5.74) is 14.3. The number of nitrogens with zero attached hydrogens (tertiary/aromatic N) is 4. The second-order valence-electron chi connectivity index (χ2n) is 17.8. The standard InChI is InChI=1S/C62H40N4O/c1-2-19-43(20-3-1)66-56-27-12-10-24-48(56)53-35-42(30-32-57(53)66)60-63-61(50-26-14-18-38-15-6-7-21-44(38)50)65-62(64-60)55-37-59-54(49-25-11-13-28-58(49)67-59)36-52(55)47-31-29-41-33-39-16-4-5-17-40(39)34-51(41)46-23-9-8-22-45(46)47/h1-28,30,32-37,47H,29,31H2. The number of rotatable bonds is 5. The van der Waals surface area contributed by atoms with E-state index in [1.54, 1.807) is 0 Å². The number of aromatic nitrogens is 4. The molecule has 10 aromatic carbocycles. The first-order valence-corrected chi connectivity index (χ1v) is 23.1. The molecule has 0 saturated heterocycles. The molecular weight excluding hydrogens is 817 g/mol. The molecule has 67 heavy (non-hydrogen) atoms. The summed E-state index contributed by atoms with van der Waals surface area (Å²) < 4.78 is 9.03. The summed E-state index contributed by atoms with van der Waals surface area (Å²) in [4.78, 5) is 16.4. The zero-order valence-corrected chi connectivity index (χ0v) is 36.4. The third-order valence-corrected chi connectivity index (χ3v) is 14.1. The van der Waals surface area contributed by atoms with Crippen LogP contribution in [0.15, 0.2) is 217 Å². The lowest BCUT2D eigenvalue weighted by atomic mass is 9.82. The first-order chi connectivity index (χ1) is 33.2. The van der Waals surface area contributed by atoms with Crippen LogP contribution in [0.1, 0.15) is 29.0 Å². The van der Waals surface area contributed by atoms with Crippen LogP contribution in [0.25, 0.3) is 116 Å². The minimum Gasteiger partial charge on any atom is -0.456 e. The molecule has 14 rings (SSSR count). The predicted octanol–water partition coefficient (Wildman–Crippen LogP) is 15.9. The molecule has 1 aliphatic carbocycles. The Bertz CT molecular complexity index is 4120. The minimum atomic E-state index is 0.0291. The van der Waals surface area contributed by atoms with Gasteiger partial charge in [0.05, 0.1) is 11.0 Å². The Hall–Kier alpha value is -8.67. The number of fused-ring (bicyclic) bond motifs is 11. The van der Waals surface area contributed by atoms with Gasteiger partial charge in [-0.05, 0) is 123 Å². The fourth-order valence-electron chi connectivity index (χ4n) is 11.0. The number of hydrogen-bond acceptors (Lipinski definition) is 4. The average Bonchev–Trinajstić information content (AvgIpc) is 3.87. The summed E-state index contributed by atoms with van der Waals surface area (Å²) in [7, 11) is 0. The summed E-state index contributed by atoms with van der Waals surface area (Å²) in [6.07, 6.45) is 1.83. The van der Waals surface area contributed by atoms with Gasteiger partial charge < -0.3 is 8.98 Å². The molecule has 5 nitrogen and oxygen atoms in total. The third-order valence-electron chi connectivity index (χ3n) is 14.1. The molecule has 0 aliphatic heterocycles. The van der Waals surface area contributed by atoms with Gasteiger partial charge in [-0.25, -0.2) is 15.0 Å². The van der Waals surface area contributed by atoms with Crippen LogP contribution in [0.5, 0.6) is 0 Å². The summed E-state index contributed by atoms with van der Waals surface area (Å²) in [6.45, 7) is 0. The SMILES string of the molecule is c1ccc(-n2c3ccccc3c3cc(-c4nc(-c5cc6oc7ccccc7c6cc5C5CCc6cc7ccccc7cc6-c6ccccc65)nc(-c5cccc6ccccc56)n4)ccc32)cc1. The third kappa shape index (κ3) is 6.05. The summed E-state index contributed by atoms with van der Waals surface area (Å²) in [6, 6.07) is 76.1. The van der Waals surface area contributed by atoms with Crippen LogP contribution in [-0.2, 0) is 6.42 Å². The van der Waals surface area contributed by atoms with E-state index in [1.165, 1.54) is 44.0 Å². The summed E-state index contributed by atoms with van der Waals surface area (Å²) >= 11 is 0. The number of benzene rings is 10. The molecule has 5 heteroatoms. The van der Waals surface area contributed by atoms with E-state index in [2.05, 4.69) is 211 Å². The smallest absolute Gasteiger partial charge is 0.164 e. The van der Waals surface area contributed by atoms with Crippen molar-refractivity contribution in [2.75, 3.05) is 0 Å². The maximum Gasteiger partial charge on any atom is 0.164 e. The highest BCUT2D eigenvalue weighted by molar-refractivity contribution is 6.11. The molecule has 1 atom stereocenters. The highest BCUT2D eigenvalue weighted by atomic mass is 16.3. The van der Waals surface area contributed by atoms with E-state index in [-0.39, 0.29) is 5.92 Å². The molecule has 0 spiro atoms. The molecule has 0 saturated carbocycles. The molecule has 0 fully saturated rings. The molecule has 1 aliphatic rings. The Kier molecular flexibility index (Phi) is 8.40. The molecule has 314 valence electrons. The van der Waals surface area contributed by atoms with Gasteiger partial charge in [-0.15, -0.1) is 0 Å². The Morgan fingerprint density at radius 1 is 0.388 bits per heavy atom.